The Labute approximate surface area is 102 Å². The number of hydrogen-bond acceptors (Lipinski definition) is 1. The molecule has 1 saturated carbocycles. The van der Waals surface area contributed by atoms with Gasteiger partial charge >= 0.3 is 0 Å². The lowest BCUT2D eigenvalue weighted by Gasteiger charge is -2.29. The van der Waals surface area contributed by atoms with Crippen molar-refractivity contribution >= 4 is 11.6 Å². The van der Waals surface area contributed by atoms with Crippen LogP contribution in [0.15, 0.2) is 24.3 Å². The lowest BCUT2D eigenvalue weighted by atomic mass is 9.77. The van der Waals surface area contributed by atoms with Gasteiger partial charge < -0.3 is 5.11 Å². The fraction of sp³-hybridized carbons (Fsp3) is 0.571. The molecule has 1 fully saturated rings. The summed E-state index contributed by atoms with van der Waals surface area (Å²) >= 11 is 6.00. The molecule has 0 aromatic heterocycles. The maximum atomic E-state index is 9.58. The zero-order chi connectivity index (χ0) is 11.4. The van der Waals surface area contributed by atoms with Gasteiger partial charge in [0.2, 0.25) is 0 Å². The van der Waals surface area contributed by atoms with Crippen LogP contribution < -0.4 is 0 Å². The first-order valence-corrected chi connectivity index (χ1v) is 6.55. The van der Waals surface area contributed by atoms with E-state index in [0.29, 0.717) is 5.92 Å². The normalized spacial score (nSPS) is 19.6. The summed E-state index contributed by atoms with van der Waals surface area (Å²) in [4.78, 5) is 0. The highest BCUT2D eigenvalue weighted by molar-refractivity contribution is 6.30. The Morgan fingerprint density at radius 2 is 2.00 bits per heavy atom. The first kappa shape index (κ1) is 11.9. The Kier molecular flexibility index (Phi) is 4.25. The topological polar surface area (TPSA) is 20.2 Å². The van der Waals surface area contributed by atoms with E-state index in [9.17, 15) is 5.11 Å². The van der Waals surface area contributed by atoms with Crippen LogP contribution in [0.2, 0.25) is 5.02 Å². The maximum absolute atomic E-state index is 9.58. The number of halogens is 1. The van der Waals surface area contributed by atoms with Crippen LogP contribution in [-0.4, -0.2) is 11.7 Å². The van der Waals surface area contributed by atoms with Crippen molar-refractivity contribution in [1.82, 2.24) is 0 Å². The van der Waals surface area contributed by atoms with Crippen molar-refractivity contribution in [2.45, 2.75) is 38.0 Å². The molecular weight excluding hydrogens is 220 g/mol. The fourth-order valence-corrected chi connectivity index (χ4v) is 3.00. The summed E-state index contributed by atoms with van der Waals surface area (Å²) in [7, 11) is 0. The van der Waals surface area contributed by atoms with Gasteiger partial charge in [0.25, 0.3) is 0 Å². The van der Waals surface area contributed by atoms with E-state index in [2.05, 4.69) is 6.07 Å². The van der Waals surface area contributed by atoms with Crippen LogP contribution in [0.5, 0.6) is 0 Å². The van der Waals surface area contributed by atoms with Gasteiger partial charge in [0.15, 0.2) is 0 Å². The average molecular weight is 239 g/mol. The minimum Gasteiger partial charge on any atom is -0.396 e. The number of rotatable bonds is 3. The third-order valence-electron chi connectivity index (χ3n) is 3.69. The molecule has 0 spiro atoms. The van der Waals surface area contributed by atoms with E-state index in [0.717, 1.165) is 5.02 Å². The summed E-state index contributed by atoms with van der Waals surface area (Å²) in [6.45, 7) is 0.241. The molecule has 88 valence electrons. The van der Waals surface area contributed by atoms with Crippen molar-refractivity contribution in [2.75, 3.05) is 6.61 Å². The highest BCUT2D eigenvalue weighted by Gasteiger charge is 2.24. The molecule has 1 unspecified atom stereocenters. The minimum absolute atomic E-state index is 0.241. The quantitative estimate of drug-likeness (QED) is 0.844. The van der Waals surface area contributed by atoms with Gasteiger partial charge in [0, 0.05) is 10.9 Å². The predicted octanol–water partition coefficient (Wildman–Crippen LogP) is 4.00. The molecule has 1 aliphatic carbocycles. The number of benzene rings is 1. The van der Waals surface area contributed by atoms with Crippen molar-refractivity contribution in [3.63, 3.8) is 0 Å². The van der Waals surface area contributed by atoms with E-state index >= 15 is 0 Å². The summed E-state index contributed by atoms with van der Waals surface area (Å²) in [5, 5.41) is 10.3. The standard InChI is InChI=1S/C14H19ClO/c15-13-8-4-7-12(9-13)14(10-16)11-5-2-1-3-6-11/h4,7-9,11,14,16H,1-3,5-6,10H2. The summed E-state index contributed by atoms with van der Waals surface area (Å²) in [6.07, 6.45) is 6.46. The molecule has 2 rings (SSSR count). The molecule has 0 bridgehead atoms. The SMILES string of the molecule is OCC(c1cccc(Cl)c1)C1CCCCC1. The zero-order valence-electron chi connectivity index (χ0n) is 9.53. The highest BCUT2D eigenvalue weighted by atomic mass is 35.5. The van der Waals surface area contributed by atoms with E-state index in [-0.39, 0.29) is 12.5 Å². The Morgan fingerprint density at radius 1 is 1.25 bits per heavy atom. The third-order valence-corrected chi connectivity index (χ3v) is 3.93. The van der Waals surface area contributed by atoms with Gasteiger partial charge in [-0.2, -0.15) is 0 Å². The van der Waals surface area contributed by atoms with Crippen molar-refractivity contribution in [2.24, 2.45) is 5.92 Å². The van der Waals surface area contributed by atoms with E-state index in [1.165, 1.54) is 37.7 Å². The van der Waals surface area contributed by atoms with Crippen LogP contribution in [0, 0.1) is 5.92 Å². The minimum atomic E-state index is 0.241. The smallest absolute Gasteiger partial charge is 0.0502 e. The molecule has 1 aromatic rings. The first-order valence-electron chi connectivity index (χ1n) is 6.17. The van der Waals surface area contributed by atoms with E-state index in [4.69, 9.17) is 11.6 Å². The molecule has 16 heavy (non-hydrogen) atoms. The van der Waals surface area contributed by atoms with Crippen LogP contribution in [0.1, 0.15) is 43.6 Å². The Bertz CT molecular complexity index is 331. The molecule has 1 aliphatic rings. The second-order valence-electron chi connectivity index (χ2n) is 4.74. The summed E-state index contributed by atoms with van der Waals surface area (Å²) in [5.74, 6) is 0.913. The number of aliphatic hydroxyl groups excluding tert-OH is 1. The Morgan fingerprint density at radius 3 is 2.62 bits per heavy atom. The summed E-state index contributed by atoms with van der Waals surface area (Å²) in [6, 6.07) is 7.95. The molecule has 0 aliphatic heterocycles. The van der Waals surface area contributed by atoms with Gasteiger partial charge in [-0.15, -0.1) is 0 Å². The third kappa shape index (κ3) is 2.78. The number of aliphatic hydroxyl groups is 1. The molecule has 0 radical (unpaired) electrons. The van der Waals surface area contributed by atoms with Crippen LogP contribution in [0.25, 0.3) is 0 Å². The summed E-state index contributed by atoms with van der Waals surface area (Å²) in [5.41, 5.74) is 1.20. The highest BCUT2D eigenvalue weighted by Crippen LogP contribution is 2.36. The van der Waals surface area contributed by atoms with E-state index < -0.39 is 0 Å². The lowest BCUT2D eigenvalue weighted by molar-refractivity contribution is 0.196. The van der Waals surface area contributed by atoms with Crippen molar-refractivity contribution in [3.8, 4) is 0 Å². The molecule has 1 N–H and O–H groups in total. The van der Waals surface area contributed by atoms with Gasteiger partial charge in [0.05, 0.1) is 6.61 Å². The molecule has 0 heterocycles. The van der Waals surface area contributed by atoms with Gasteiger partial charge in [-0.25, -0.2) is 0 Å². The molecule has 0 saturated heterocycles. The Hall–Kier alpha value is -0.530. The number of hydrogen-bond donors (Lipinski definition) is 1. The first-order chi connectivity index (χ1) is 7.81. The van der Waals surface area contributed by atoms with Crippen molar-refractivity contribution in [1.29, 1.82) is 0 Å². The monoisotopic (exact) mass is 238 g/mol. The Balaban J connectivity index is 2.14. The van der Waals surface area contributed by atoms with E-state index in [1.54, 1.807) is 0 Å². The van der Waals surface area contributed by atoms with Crippen LogP contribution in [-0.2, 0) is 0 Å². The second kappa shape index (κ2) is 5.70. The molecule has 1 aromatic carbocycles. The molecule has 2 heteroatoms. The van der Waals surface area contributed by atoms with Crippen LogP contribution >= 0.6 is 11.6 Å². The second-order valence-corrected chi connectivity index (χ2v) is 5.18. The van der Waals surface area contributed by atoms with Crippen molar-refractivity contribution in [3.05, 3.63) is 34.9 Å². The molecule has 1 atom stereocenters. The summed E-state index contributed by atoms with van der Waals surface area (Å²) < 4.78 is 0. The lowest BCUT2D eigenvalue weighted by Crippen LogP contribution is -2.19. The van der Waals surface area contributed by atoms with Crippen molar-refractivity contribution < 1.29 is 5.11 Å². The van der Waals surface area contributed by atoms with Gasteiger partial charge in [-0.05, 0) is 36.5 Å². The van der Waals surface area contributed by atoms with Crippen LogP contribution in [0.4, 0.5) is 0 Å². The van der Waals surface area contributed by atoms with Gasteiger partial charge in [0.1, 0.15) is 0 Å². The molecule has 0 amide bonds. The largest absolute Gasteiger partial charge is 0.396 e. The average Bonchev–Trinajstić information content (AvgIpc) is 2.31. The molecule has 1 nitrogen and oxygen atoms in total. The van der Waals surface area contributed by atoms with E-state index in [1.807, 2.05) is 18.2 Å². The maximum Gasteiger partial charge on any atom is 0.0502 e. The molecular formula is C14H19ClO. The fourth-order valence-electron chi connectivity index (χ4n) is 2.80. The zero-order valence-corrected chi connectivity index (χ0v) is 10.3. The predicted molar refractivity (Wildman–Crippen MR) is 67.9 cm³/mol. The van der Waals surface area contributed by atoms with Gasteiger partial charge in [-0.3, -0.25) is 0 Å². The van der Waals surface area contributed by atoms with Gasteiger partial charge in [-0.1, -0.05) is 43.0 Å². The van der Waals surface area contributed by atoms with Crippen LogP contribution in [0.3, 0.4) is 0 Å².